The van der Waals surface area contributed by atoms with Gasteiger partial charge >= 0.3 is 5.69 Å². The number of imidazole rings is 1. The maximum atomic E-state index is 11.8. The summed E-state index contributed by atoms with van der Waals surface area (Å²) in [5.74, 6) is 0. The molecule has 4 nitrogen and oxygen atoms in total. The quantitative estimate of drug-likeness (QED) is 0.752. The molecule has 1 aromatic rings. The van der Waals surface area contributed by atoms with Gasteiger partial charge < -0.3 is 5.32 Å². The molecular weight excluding hydrogens is 214 g/mol. The Balaban J connectivity index is 2.40. The SMILES string of the molecule is CCNC(CC)CCCn1ccn(CC)c1=O. The number of nitrogens with one attached hydrogen (secondary N) is 1. The second-order valence-corrected chi connectivity index (χ2v) is 4.37. The zero-order valence-corrected chi connectivity index (χ0v) is 11.3. The normalized spacial score (nSPS) is 12.9. The van der Waals surface area contributed by atoms with E-state index in [2.05, 4.69) is 19.2 Å². The molecule has 1 unspecified atom stereocenters. The van der Waals surface area contributed by atoms with E-state index in [0.717, 1.165) is 38.9 Å². The summed E-state index contributed by atoms with van der Waals surface area (Å²) < 4.78 is 3.55. The molecule has 0 aliphatic heterocycles. The van der Waals surface area contributed by atoms with Crippen molar-refractivity contribution in [2.45, 2.75) is 59.2 Å². The van der Waals surface area contributed by atoms with Gasteiger partial charge in [0.25, 0.3) is 0 Å². The average molecular weight is 239 g/mol. The lowest BCUT2D eigenvalue weighted by atomic mass is 10.1. The zero-order valence-electron chi connectivity index (χ0n) is 11.3. The van der Waals surface area contributed by atoms with Crippen LogP contribution in [0.2, 0.25) is 0 Å². The minimum absolute atomic E-state index is 0.115. The summed E-state index contributed by atoms with van der Waals surface area (Å²) in [5.41, 5.74) is 0.115. The Morgan fingerprint density at radius 2 is 1.94 bits per heavy atom. The van der Waals surface area contributed by atoms with Gasteiger partial charge in [-0.3, -0.25) is 9.13 Å². The topological polar surface area (TPSA) is 39.0 Å². The molecule has 1 rings (SSSR count). The lowest BCUT2D eigenvalue weighted by molar-refractivity contribution is 0.445. The highest BCUT2D eigenvalue weighted by Gasteiger charge is 2.05. The summed E-state index contributed by atoms with van der Waals surface area (Å²) in [7, 11) is 0. The fraction of sp³-hybridized carbons (Fsp3) is 0.769. The lowest BCUT2D eigenvalue weighted by Gasteiger charge is -2.15. The molecule has 0 radical (unpaired) electrons. The Kier molecular flexibility index (Phi) is 6.05. The van der Waals surface area contributed by atoms with Crippen molar-refractivity contribution in [1.82, 2.24) is 14.5 Å². The van der Waals surface area contributed by atoms with Gasteiger partial charge in [0.2, 0.25) is 0 Å². The van der Waals surface area contributed by atoms with E-state index in [1.807, 2.05) is 23.9 Å². The third-order valence-electron chi connectivity index (χ3n) is 3.20. The Bertz CT molecular complexity index is 367. The van der Waals surface area contributed by atoms with E-state index >= 15 is 0 Å². The van der Waals surface area contributed by atoms with E-state index in [0.29, 0.717) is 6.04 Å². The minimum atomic E-state index is 0.115. The van der Waals surface area contributed by atoms with Crippen LogP contribution < -0.4 is 11.0 Å². The number of hydrogen-bond donors (Lipinski definition) is 1. The predicted octanol–water partition coefficient (Wildman–Crippen LogP) is 1.84. The lowest BCUT2D eigenvalue weighted by Crippen LogP contribution is -2.29. The van der Waals surface area contributed by atoms with E-state index in [9.17, 15) is 4.79 Å². The van der Waals surface area contributed by atoms with E-state index in [4.69, 9.17) is 0 Å². The first-order chi connectivity index (χ1) is 8.22. The smallest absolute Gasteiger partial charge is 0.314 e. The highest BCUT2D eigenvalue weighted by Crippen LogP contribution is 2.02. The second-order valence-electron chi connectivity index (χ2n) is 4.37. The van der Waals surface area contributed by atoms with Gasteiger partial charge in [0, 0.05) is 31.5 Å². The molecule has 0 spiro atoms. The fourth-order valence-corrected chi connectivity index (χ4v) is 2.11. The summed E-state index contributed by atoms with van der Waals surface area (Å²) >= 11 is 0. The van der Waals surface area contributed by atoms with Crippen molar-refractivity contribution in [2.75, 3.05) is 6.54 Å². The van der Waals surface area contributed by atoms with Gasteiger partial charge in [-0.1, -0.05) is 13.8 Å². The van der Waals surface area contributed by atoms with Crippen LogP contribution in [-0.2, 0) is 13.1 Å². The Morgan fingerprint density at radius 1 is 1.24 bits per heavy atom. The maximum absolute atomic E-state index is 11.8. The summed E-state index contributed by atoms with van der Waals surface area (Å²) in [6.07, 6.45) is 7.09. The molecule has 1 heterocycles. The van der Waals surface area contributed by atoms with Gasteiger partial charge in [-0.05, 0) is 32.7 Å². The second kappa shape index (κ2) is 7.33. The first kappa shape index (κ1) is 14.0. The molecule has 0 saturated heterocycles. The number of aryl methyl sites for hydroxylation is 2. The highest BCUT2D eigenvalue weighted by molar-refractivity contribution is 4.81. The monoisotopic (exact) mass is 239 g/mol. The van der Waals surface area contributed by atoms with Crippen molar-refractivity contribution < 1.29 is 0 Å². The summed E-state index contributed by atoms with van der Waals surface area (Å²) in [5, 5.41) is 3.46. The van der Waals surface area contributed by atoms with Gasteiger partial charge in [-0.15, -0.1) is 0 Å². The van der Waals surface area contributed by atoms with E-state index in [1.165, 1.54) is 0 Å². The van der Waals surface area contributed by atoms with Crippen molar-refractivity contribution in [2.24, 2.45) is 0 Å². The molecule has 1 aromatic heterocycles. The predicted molar refractivity (Wildman–Crippen MR) is 71.4 cm³/mol. The molecule has 0 fully saturated rings. The van der Waals surface area contributed by atoms with Crippen molar-refractivity contribution in [1.29, 1.82) is 0 Å². The summed E-state index contributed by atoms with van der Waals surface area (Å²) in [4.78, 5) is 11.8. The van der Waals surface area contributed by atoms with Crippen LogP contribution in [0.5, 0.6) is 0 Å². The number of hydrogen-bond acceptors (Lipinski definition) is 2. The van der Waals surface area contributed by atoms with Crippen LogP contribution in [-0.4, -0.2) is 21.7 Å². The standard InChI is InChI=1S/C13H25N3O/c1-4-12(14-5-2)8-7-9-16-11-10-15(6-3)13(16)17/h10-12,14H,4-9H2,1-3H3. The maximum Gasteiger partial charge on any atom is 0.328 e. The molecule has 0 saturated carbocycles. The van der Waals surface area contributed by atoms with Crippen molar-refractivity contribution >= 4 is 0 Å². The number of nitrogens with zero attached hydrogens (tertiary/aromatic N) is 2. The van der Waals surface area contributed by atoms with Crippen LogP contribution in [0, 0.1) is 0 Å². The van der Waals surface area contributed by atoms with Crippen LogP contribution >= 0.6 is 0 Å². The third kappa shape index (κ3) is 4.04. The first-order valence-electron chi connectivity index (χ1n) is 6.71. The van der Waals surface area contributed by atoms with Gasteiger partial charge in [-0.2, -0.15) is 0 Å². The molecule has 98 valence electrons. The number of aromatic nitrogens is 2. The molecule has 17 heavy (non-hydrogen) atoms. The zero-order chi connectivity index (χ0) is 12.7. The molecule has 0 aliphatic carbocycles. The molecule has 0 amide bonds. The van der Waals surface area contributed by atoms with Gasteiger partial charge in [0.05, 0.1) is 0 Å². The van der Waals surface area contributed by atoms with E-state index in [-0.39, 0.29) is 5.69 Å². The van der Waals surface area contributed by atoms with Crippen molar-refractivity contribution in [3.8, 4) is 0 Å². The molecular formula is C13H25N3O. The molecule has 0 bridgehead atoms. The fourth-order valence-electron chi connectivity index (χ4n) is 2.11. The van der Waals surface area contributed by atoms with Gasteiger partial charge in [-0.25, -0.2) is 4.79 Å². The molecule has 0 aliphatic rings. The Labute approximate surface area is 104 Å². The molecule has 1 atom stereocenters. The third-order valence-corrected chi connectivity index (χ3v) is 3.20. The average Bonchev–Trinajstić information content (AvgIpc) is 2.69. The Hall–Kier alpha value is -1.03. The van der Waals surface area contributed by atoms with Crippen LogP contribution in [0.3, 0.4) is 0 Å². The molecule has 1 N–H and O–H groups in total. The van der Waals surface area contributed by atoms with Crippen LogP contribution in [0.25, 0.3) is 0 Å². The van der Waals surface area contributed by atoms with Gasteiger partial charge in [0.15, 0.2) is 0 Å². The van der Waals surface area contributed by atoms with Crippen molar-refractivity contribution in [3.05, 3.63) is 22.9 Å². The van der Waals surface area contributed by atoms with Crippen LogP contribution in [0.1, 0.15) is 40.0 Å². The highest BCUT2D eigenvalue weighted by atomic mass is 16.1. The van der Waals surface area contributed by atoms with Crippen LogP contribution in [0.15, 0.2) is 17.2 Å². The van der Waals surface area contributed by atoms with E-state index < -0.39 is 0 Å². The largest absolute Gasteiger partial charge is 0.328 e. The van der Waals surface area contributed by atoms with E-state index in [1.54, 1.807) is 4.57 Å². The minimum Gasteiger partial charge on any atom is -0.314 e. The first-order valence-corrected chi connectivity index (χ1v) is 6.71. The van der Waals surface area contributed by atoms with Crippen LogP contribution in [0.4, 0.5) is 0 Å². The summed E-state index contributed by atoms with van der Waals surface area (Å²) in [6, 6.07) is 0.587. The summed E-state index contributed by atoms with van der Waals surface area (Å²) in [6.45, 7) is 8.92. The Morgan fingerprint density at radius 3 is 2.47 bits per heavy atom. The number of rotatable bonds is 8. The van der Waals surface area contributed by atoms with Gasteiger partial charge in [0.1, 0.15) is 0 Å². The molecule has 4 heteroatoms. The van der Waals surface area contributed by atoms with Crippen molar-refractivity contribution in [3.63, 3.8) is 0 Å². The molecule has 0 aromatic carbocycles.